The smallest absolute Gasteiger partial charge is 0.247 e. The highest BCUT2D eigenvalue weighted by atomic mass is 16.3. The molecule has 0 spiro atoms. The Hall–Kier alpha value is -6.00. The number of rotatable bonds is 4. The lowest BCUT2D eigenvalue weighted by Crippen LogP contribution is -2.62. The van der Waals surface area contributed by atoms with Gasteiger partial charge in [0, 0.05) is 39.7 Å². The molecule has 3 nitrogen and oxygen atoms in total. The molecule has 1 aromatic heterocycles. The Morgan fingerprint density at radius 3 is 1.78 bits per heavy atom. The second-order valence-electron chi connectivity index (χ2n) is 29.0. The van der Waals surface area contributed by atoms with Gasteiger partial charge in [0.15, 0.2) is 0 Å². The Morgan fingerprint density at radius 1 is 0.526 bits per heavy atom. The number of hydrogen-bond donors (Lipinski definition) is 0. The Morgan fingerprint density at radius 2 is 1.12 bits per heavy atom. The molecule has 0 radical (unpaired) electrons. The highest BCUT2D eigenvalue weighted by molar-refractivity contribution is 6.99. The van der Waals surface area contributed by atoms with E-state index in [0.29, 0.717) is 5.92 Å². The van der Waals surface area contributed by atoms with Crippen molar-refractivity contribution in [2.45, 2.75) is 187 Å². The van der Waals surface area contributed by atoms with Crippen LogP contribution in [0.1, 0.15) is 197 Å². The van der Waals surface area contributed by atoms with Crippen LogP contribution in [0, 0.1) is 12.3 Å². The summed E-state index contributed by atoms with van der Waals surface area (Å²) in [5.41, 5.74) is 27.7. The zero-order chi connectivity index (χ0) is 53.0. The van der Waals surface area contributed by atoms with E-state index in [2.05, 4.69) is 228 Å². The van der Waals surface area contributed by atoms with E-state index in [0.717, 1.165) is 16.6 Å². The first-order chi connectivity index (χ1) is 35.9. The van der Waals surface area contributed by atoms with E-state index in [9.17, 15) is 0 Å². The first-order valence-electron chi connectivity index (χ1n) is 29.2. The molecule has 14 rings (SSSR count). The van der Waals surface area contributed by atoms with Crippen LogP contribution in [0.25, 0.3) is 21.9 Å². The first kappa shape index (κ1) is 48.4. The van der Waals surface area contributed by atoms with Gasteiger partial charge in [0.05, 0.1) is 11.1 Å². The molecule has 7 aromatic carbocycles. The van der Waals surface area contributed by atoms with Gasteiger partial charge in [0.2, 0.25) is 6.71 Å². The van der Waals surface area contributed by atoms with E-state index >= 15 is 0 Å². The number of nitrogens with zero attached hydrogens (tertiary/aromatic N) is 2. The summed E-state index contributed by atoms with van der Waals surface area (Å²) < 4.78 is 6.77. The number of para-hydroxylation sites is 1. The third-order valence-electron chi connectivity index (χ3n) is 21.6. The summed E-state index contributed by atoms with van der Waals surface area (Å²) in [6.07, 6.45) is 9.79. The number of fused-ring (bicyclic) bond motifs is 12. The molecule has 4 heteroatoms. The summed E-state index contributed by atoms with van der Waals surface area (Å²) in [5, 5.41) is 2.32. The summed E-state index contributed by atoms with van der Waals surface area (Å²) in [7, 11) is 0. The van der Waals surface area contributed by atoms with Gasteiger partial charge in [0.1, 0.15) is 11.2 Å². The fourth-order valence-electron chi connectivity index (χ4n) is 16.7. The molecule has 6 aliphatic rings. The van der Waals surface area contributed by atoms with E-state index in [1.807, 2.05) is 0 Å². The summed E-state index contributed by atoms with van der Waals surface area (Å²) in [5.74, 6) is 0.321. The zero-order valence-corrected chi connectivity index (χ0v) is 48.2. The third kappa shape index (κ3) is 6.54. The van der Waals surface area contributed by atoms with Gasteiger partial charge in [-0.3, -0.25) is 0 Å². The molecule has 76 heavy (non-hydrogen) atoms. The van der Waals surface area contributed by atoms with Crippen molar-refractivity contribution < 1.29 is 4.42 Å². The van der Waals surface area contributed by atoms with Crippen molar-refractivity contribution in [3.8, 4) is 0 Å². The van der Waals surface area contributed by atoms with Crippen molar-refractivity contribution in [1.29, 1.82) is 0 Å². The lowest BCUT2D eigenvalue weighted by molar-refractivity contribution is 0.0925. The molecule has 3 unspecified atom stereocenters. The Kier molecular flexibility index (Phi) is 9.93. The van der Waals surface area contributed by atoms with E-state index in [1.54, 1.807) is 22.2 Å². The van der Waals surface area contributed by atoms with Crippen molar-refractivity contribution in [2.24, 2.45) is 5.41 Å². The summed E-state index contributed by atoms with van der Waals surface area (Å²) in [4.78, 5) is 5.32. The van der Waals surface area contributed by atoms with Crippen LogP contribution < -0.4 is 26.2 Å². The molecule has 2 aliphatic heterocycles. The summed E-state index contributed by atoms with van der Waals surface area (Å²) in [6, 6.07) is 48.6. The predicted octanol–water partition coefficient (Wildman–Crippen LogP) is 18.0. The van der Waals surface area contributed by atoms with Crippen molar-refractivity contribution >= 4 is 79.2 Å². The number of furan rings is 1. The highest BCUT2D eigenvalue weighted by Crippen LogP contribution is 2.68. The molecule has 3 atom stereocenters. The molecule has 8 aromatic rings. The number of benzene rings is 7. The van der Waals surface area contributed by atoms with Crippen molar-refractivity contribution in [3.05, 3.63) is 171 Å². The first-order valence-corrected chi connectivity index (χ1v) is 29.2. The molecule has 3 heterocycles. The average Bonchev–Trinajstić information content (AvgIpc) is 4.08. The maximum Gasteiger partial charge on any atom is 0.247 e. The van der Waals surface area contributed by atoms with Gasteiger partial charge < -0.3 is 14.2 Å². The average molecular weight is 999 g/mol. The van der Waals surface area contributed by atoms with Gasteiger partial charge in [-0.1, -0.05) is 169 Å². The Labute approximate surface area is 454 Å². The van der Waals surface area contributed by atoms with Gasteiger partial charge in [-0.05, 0) is 205 Å². The van der Waals surface area contributed by atoms with Crippen molar-refractivity contribution in [1.82, 2.24) is 0 Å². The van der Waals surface area contributed by atoms with E-state index < -0.39 is 0 Å². The molecule has 0 N–H and O–H groups in total. The molecule has 1 fully saturated rings. The SMILES string of the molecule is Cc1cc2c3c(c1)N(c1cccc4oc5ccccc5c14)c1cc(N(c4ccc5c(c4)C(C)(C)CCC5(C)C)c4ccc5c(c4)C(C)(C)CCC5(C)C)ccc1B3c1cc(C(C)(C)C)cc3c1C2C1(C)CCCCC31C. The van der Waals surface area contributed by atoms with Crippen LogP contribution in [-0.4, -0.2) is 6.71 Å². The molecule has 0 amide bonds. The van der Waals surface area contributed by atoms with E-state index in [1.165, 1.54) is 135 Å². The van der Waals surface area contributed by atoms with E-state index in [-0.39, 0.29) is 44.6 Å². The minimum absolute atomic E-state index is 0.00931. The Bertz CT molecular complexity index is 3720. The minimum Gasteiger partial charge on any atom is -0.456 e. The molecule has 0 saturated heterocycles. The molecule has 1 saturated carbocycles. The Balaban J connectivity index is 1.09. The van der Waals surface area contributed by atoms with Crippen LogP contribution in [0.15, 0.2) is 126 Å². The van der Waals surface area contributed by atoms with Gasteiger partial charge >= 0.3 is 0 Å². The topological polar surface area (TPSA) is 19.6 Å². The standard InChI is InChI=1S/C72H79BN2O/c1-43-36-49-64-63-54(71(13)30-17-18-31-72(64,71)14)38-44(66(2,3)4)39-56(63)73-55-29-26-47(42-58(55)75(59(37-43)65(49)73)57-21-19-23-61-62(57)48-20-15-16-22-60(48)76-61)74(45-24-27-50-52(40-45)69(9,10)34-32-67(50,5)6)46-25-28-51-53(41-46)70(11,12)35-33-68(51,7)8/h15-16,19-29,36-42,64H,17-18,30-35H2,1-14H3. The largest absolute Gasteiger partial charge is 0.456 e. The molecule has 4 aliphatic carbocycles. The van der Waals surface area contributed by atoms with Gasteiger partial charge in [-0.2, -0.15) is 0 Å². The van der Waals surface area contributed by atoms with Gasteiger partial charge in [-0.15, -0.1) is 0 Å². The quantitative estimate of drug-likeness (QED) is 0.164. The van der Waals surface area contributed by atoms with Gasteiger partial charge in [0.25, 0.3) is 0 Å². The minimum atomic E-state index is -0.00931. The van der Waals surface area contributed by atoms with Crippen LogP contribution >= 0.6 is 0 Å². The molecular weight excluding hydrogens is 920 g/mol. The lowest BCUT2D eigenvalue weighted by Gasteiger charge is -2.51. The number of hydrogen-bond acceptors (Lipinski definition) is 3. The van der Waals surface area contributed by atoms with Crippen LogP contribution in [0.4, 0.5) is 34.1 Å². The zero-order valence-electron chi connectivity index (χ0n) is 48.2. The van der Waals surface area contributed by atoms with Crippen LogP contribution in [0.2, 0.25) is 0 Å². The predicted molar refractivity (Wildman–Crippen MR) is 324 cm³/mol. The maximum atomic E-state index is 6.77. The van der Waals surface area contributed by atoms with Crippen molar-refractivity contribution in [2.75, 3.05) is 9.80 Å². The lowest BCUT2D eigenvalue weighted by atomic mass is 9.30. The maximum absolute atomic E-state index is 6.77. The molecule has 386 valence electrons. The van der Waals surface area contributed by atoms with Crippen LogP contribution in [0.5, 0.6) is 0 Å². The summed E-state index contributed by atoms with van der Waals surface area (Å²) in [6.45, 7) is 34.8. The van der Waals surface area contributed by atoms with Gasteiger partial charge in [-0.25, -0.2) is 0 Å². The van der Waals surface area contributed by atoms with Crippen LogP contribution in [-0.2, 0) is 32.5 Å². The second kappa shape index (κ2) is 15.6. The van der Waals surface area contributed by atoms with Crippen LogP contribution in [0.3, 0.4) is 0 Å². The second-order valence-corrected chi connectivity index (χ2v) is 29.0. The highest BCUT2D eigenvalue weighted by Gasteiger charge is 2.62. The summed E-state index contributed by atoms with van der Waals surface area (Å²) >= 11 is 0. The van der Waals surface area contributed by atoms with E-state index in [4.69, 9.17) is 4.42 Å². The third-order valence-corrected chi connectivity index (χ3v) is 21.6. The number of anilines is 6. The fourth-order valence-corrected chi connectivity index (χ4v) is 16.7. The monoisotopic (exact) mass is 999 g/mol. The fraction of sp³-hybridized carbons (Fsp3) is 0.417. The van der Waals surface area contributed by atoms with Crippen molar-refractivity contribution in [3.63, 3.8) is 0 Å². The molecular formula is C72H79BN2O. The normalized spacial score (nSPS) is 23.8. The number of aryl methyl sites for hydroxylation is 1. The molecule has 0 bridgehead atoms.